The average Bonchev–Trinajstić information content (AvgIpc) is 2.17. The van der Waals surface area contributed by atoms with Gasteiger partial charge in [-0.05, 0) is 31.0 Å². The molecule has 0 saturated carbocycles. The summed E-state index contributed by atoms with van der Waals surface area (Å²) in [4.78, 5) is 1.41. The highest BCUT2D eigenvalue weighted by Gasteiger charge is 2.13. The number of fused-ring (bicyclic) bond motifs is 1. The molecule has 0 amide bonds. The number of hydrogen-bond donors (Lipinski definition) is 1. The Bertz CT molecular complexity index is 309. The maximum Gasteiger partial charge on any atom is 0.0480 e. The van der Waals surface area contributed by atoms with Gasteiger partial charge in [0.25, 0.3) is 0 Å². The summed E-state index contributed by atoms with van der Waals surface area (Å²) in [7, 11) is 0. The first kappa shape index (κ1) is 8.95. The van der Waals surface area contributed by atoms with E-state index < -0.39 is 0 Å². The quantitative estimate of drug-likeness (QED) is 0.735. The van der Waals surface area contributed by atoms with Crippen LogP contribution in [0.1, 0.15) is 19.4 Å². The van der Waals surface area contributed by atoms with E-state index >= 15 is 0 Å². The number of nitrogens with one attached hydrogen (secondary N) is 1. The Hall–Kier alpha value is -0.630. The molecule has 1 atom stereocenters. The molecule has 0 spiro atoms. The monoisotopic (exact) mass is 193 g/mol. The van der Waals surface area contributed by atoms with Gasteiger partial charge in [0.2, 0.25) is 0 Å². The highest BCUT2D eigenvalue weighted by Crippen LogP contribution is 2.33. The summed E-state index contributed by atoms with van der Waals surface area (Å²) in [6.45, 7) is 4.43. The second kappa shape index (κ2) is 3.62. The van der Waals surface area contributed by atoms with Crippen LogP contribution in [0.15, 0.2) is 23.1 Å². The molecule has 70 valence electrons. The molecule has 2 rings (SSSR count). The second-order valence-electron chi connectivity index (χ2n) is 3.54. The van der Waals surface area contributed by atoms with Gasteiger partial charge in [0.05, 0.1) is 0 Å². The Morgan fingerprint density at radius 2 is 2.38 bits per heavy atom. The topological polar surface area (TPSA) is 12.0 Å². The van der Waals surface area contributed by atoms with Gasteiger partial charge in [-0.1, -0.05) is 13.0 Å². The van der Waals surface area contributed by atoms with Crippen molar-refractivity contribution in [2.75, 3.05) is 11.1 Å². The first-order valence-electron chi connectivity index (χ1n) is 4.82. The maximum absolute atomic E-state index is 3.49. The van der Waals surface area contributed by atoms with Crippen molar-refractivity contribution in [1.82, 2.24) is 0 Å². The summed E-state index contributed by atoms with van der Waals surface area (Å²) in [5.74, 6) is 1.18. The second-order valence-corrected chi connectivity index (χ2v) is 4.60. The van der Waals surface area contributed by atoms with Crippen molar-refractivity contribution < 1.29 is 0 Å². The van der Waals surface area contributed by atoms with Crippen LogP contribution in [0.4, 0.5) is 5.69 Å². The predicted octanol–water partition coefficient (Wildman–Crippen LogP) is 3.16. The molecule has 1 N–H and O–H groups in total. The van der Waals surface area contributed by atoms with Gasteiger partial charge in [0, 0.05) is 22.4 Å². The van der Waals surface area contributed by atoms with Gasteiger partial charge in [0.15, 0.2) is 0 Å². The third kappa shape index (κ3) is 1.83. The van der Waals surface area contributed by atoms with Crippen molar-refractivity contribution in [2.45, 2.75) is 31.2 Å². The number of rotatable bonds is 1. The number of anilines is 1. The molecule has 1 aromatic carbocycles. The van der Waals surface area contributed by atoms with Crippen LogP contribution in [0.2, 0.25) is 0 Å². The highest BCUT2D eigenvalue weighted by atomic mass is 32.2. The van der Waals surface area contributed by atoms with E-state index in [1.807, 2.05) is 11.8 Å². The van der Waals surface area contributed by atoms with Gasteiger partial charge in [-0.3, -0.25) is 0 Å². The molecule has 0 aliphatic carbocycles. The van der Waals surface area contributed by atoms with E-state index in [1.54, 1.807) is 0 Å². The van der Waals surface area contributed by atoms with Crippen molar-refractivity contribution in [3.05, 3.63) is 23.8 Å². The zero-order chi connectivity index (χ0) is 9.26. The Kier molecular flexibility index (Phi) is 2.49. The van der Waals surface area contributed by atoms with Crippen LogP contribution in [-0.2, 0) is 6.42 Å². The number of thioether (sulfide) groups is 1. The summed E-state index contributed by atoms with van der Waals surface area (Å²) >= 11 is 1.96. The van der Waals surface area contributed by atoms with Crippen LogP contribution in [0, 0.1) is 0 Å². The zero-order valence-electron chi connectivity index (χ0n) is 8.13. The normalized spacial score (nSPS) is 20.6. The highest BCUT2D eigenvalue weighted by molar-refractivity contribution is 7.99. The third-order valence-corrected chi connectivity index (χ3v) is 3.66. The number of aryl methyl sites for hydroxylation is 1. The van der Waals surface area contributed by atoms with E-state index in [-0.39, 0.29) is 0 Å². The summed E-state index contributed by atoms with van der Waals surface area (Å²) in [5.41, 5.74) is 2.74. The van der Waals surface area contributed by atoms with Crippen LogP contribution in [-0.4, -0.2) is 11.8 Å². The fourth-order valence-corrected chi connectivity index (χ4v) is 2.58. The van der Waals surface area contributed by atoms with E-state index in [1.165, 1.54) is 21.9 Å². The fourth-order valence-electron chi connectivity index (χ4n) is 1.55. The summed E-state index contributed by atoms with van der Waals surface area (Å²) in [5, 5.41) is 3.49. The summed E-state index contributed by atoms with van der Waals surface area (Å²) < 4.78 is 0. The predicted molar refractivity (Wildman–Crippen MR) is 59.6 cm³/mol. The summed E-state index contributed by atoms with van der Waals surface area (Å²) in [6, 6.07) is 7.32. The average molecular weight is 193 g/mol. The molecule has 1 aliphatic heterocycles. The molecule has 1 aromatic rings. The van der Waals surface area contributed by atoms with Gasteiger partial charge in [-0.2, -0.15) is 0 Å². The van der Waals surface area contributed by atoms with Crippen LogP contribution >= 0.6 is 11.8 Å². The molecule has 13 heavy (non-hydrogen) atoms. The van der Waals surface area contributed by atoms with Crippen molar-refractivity contribution in [3.8, 4) is 0 Å². The van der Waals surface area contributed by atoms with Gasteiger partial charge >= 0.3 is 0 Å². The Morgan fingerprint density at radius 1 is 1.54 bits per heavy atom. The van der Waals surface area contributed by atoms with Gasteiger partial charge in [-0.15, -0.1) is 11.8 Å². The number of hydrogen-bond acceptors (Lipinski definition) is 2. The molecule has 2 heteroatoms. The molecule has 1 heterocycles. The third-order valence-electron chi connectivity index (χ3n) is 2.35. The molecule has 0 fully saturated rings. The molecule has 1 nitrogen and oxygen atoms in total. The standard InChI is InChI=1S/C11H15NS/c1-3-9-4-5-10-11(6-9)13-7-8(2)12-10/h4-6,8,12H,3,7H2,1-2H3. The van der Waals surface area contributed by atoms with E-state index in [9.17, 15) is 0 Å². The van der Waals surface area contributed by atoms with E-state index in [0.717, 1.165) is 6.42 Å². The molecule has 1 aliphatic rings. The van der Waals surface area contributed by atoms with Crippen molar-refractivity contribution in [1.29, 1.82) is 0 Å². The minimum atomic E-state index is 0.602. The molecule has 1 unspecified atom stereocenters. The Morgan fingerprint density at radius 3 is 3.15 bits per heavy atom. The molecule has 0 radical (unpaired) electrons. The largest absolute Gasteiger partial charge is 0.381 e. The number of benzene rings is 1. The Labute approximate surface area is 83.9 Å². The molecule has 0 bridgehead atoms. The lowest BCUT2D eigenvalue weighted by molar-refractivity contribution is 0.893. The van der Waals surface area contributed by atoms with Crippen molar-refractivity contribution in [3.63, 3.8) is 0 Å². The van der Waals surface area contributed by atoms with Crippen LogP contribution < -0.4 is 5.32 Å². The van der Waals surface area contributed by atoms with Crippen molar-refractivity contribution >= 4 is 17.4 Å². The molecule has 0 aromatic heterocycles. The Balaban J connectivity index is 2.31. The van der Waals surface area contributed by atoms with Gasteiger partial charge in [0.1, 0.15) is 0 Å². The van der Waals surface area contributed by atoms with Crippen LogP contribution in [0.5, 0.6) is 0 Å². The SMILES string of the molecule is CCc1ccc2c(c1)SCC(C)N2. The van der Waals surface area contributed by atoms with Crippen LogP contribution in [0.25, 0.3) is 0 Å². The zero-order valence-corrected chi connectivity index (χ0v) is 8.95. The first-order chi connectivity index (χ1) is 6.29. The van der Waals surface area contributed by atoms with Gasteiger partial charge < -0.3 is 5.32 Å². The van der Waals surface area contributed by atoms with Crippen LogP contribution in [0.3, 0.4) is 0 Å². The minimum Gasteiger partial charge on any atom is -0.381 e. The lowest BCUT2D eigenvalue weighted by Crippen LogP contribution is -2.21. The van der Waals surface area contributed by atoms with Gasteiger partial charge in [-0.25, -0.2) is 0 Å². The lowest BCUT2D eigenvalue weighted by Gasteiger charge is -2.23. The minimum absolute atomic E-state index is 0.602. The first-order valence-corrected chi connectivity index (χ1v) is 5.80. The lowest BCUT2D eigenvalue weighted by atomic mass is 10.1. The van der Waals surface area contributed by atoms with E-state index in [2.05, 4.69) is 37.4 Å². The molecule has 0 saturated heterocycles. The summed E-state index contributed by atoms with van der Waals surface area (Å²) in [6.07, 6.45) is 1.13. The fraction of sp³-hybridized carbons (Fsp3) is 0.455. The van der Waals surface area contributed by atoms with E-state index in [4.69, 9.17) is 0 Å². The maximum atomic E-state index is 3.49. The van der Waals surface area contributed by atoms with E-state index in [0.29, 0.717) is 6.04 Å². The van der Waals surface area contributed by atoms with Crippen molar-refractivity contribution in [2.24, 2.45) is 0 Å². The molecular weight excluding hydrogens is 178 g/mol. The molecular formula is C11H15NS. The smallest absolute Gasteiger partial charge is 0.0480 e.